The molecule has 8 nitrogen and oxygen atoms in total. The fourth-order valence-corrected chi connectivity index (χ4v) is 2.29. The number of morpholine rings is 1. The Bertz CT molecular complexity index is 538. The fraction of sp³-hybridized carbons (Fsp3) is 0.667. The molecule has 0 radical (unpaired) electrons. The van der Waals surface area contributed by atoms with E-state index in [9.17, 15) is 14.9 Å². The lowest BCUT2D eigenvalue weighted by Gasteiger charge is -2.42. The number of rotatable bonds is 3. The van der Waals surface area contributed by atoms with Crippen molar-refractivity contribution in [1.82, 2.24) is 14.5 Å². The third kappa shape index (κ3) is 2.79. The maximum Gasteiger partial charge on any atom is 0.381 e. The van der Waals surface area contributed by atoms with E-state index in [0.717, 1.165) is 0 Å². The van der Waals surface area contributed by atoms with Gasteiger partial charge in [0.25, 0.3) is 0 Å². The highest BCUT2D eigenvalue weighted by Gasteiger charge is 2.34. The molecule has 1 aliphatic heterocycles. The van der Waals surface area contributed by atoms with Crippen molar-refractivity contribution in [3.63, 3.8) is 0 Å². The van der Waals surface area contributed by atoms with Gasteiger partial charge in [-0.3, -0.25) is 9.36 Å². The monoisotopic (exact) mass is 282 g/mol. The van der Waals surface area contributed by atoms with Crippen LogP contribution in [0.4, 0.5) is 5.82 Å². The van der Waals surface area contributed by atoms with Crippen molar-refractivity contribution in [2.24, 2.45) is 0 Å². The van der Waals surface area contributed by atoms with Crippen LogP contribution in [0, 0.1) is 17.0 Å². The number of nitro groups is 1. The second-order valence-corrected chi connectivity index (χ2v) is 5.44. The summed E-state index contributed by atoms with van der Waals surface area (Å²) < 4.78 is 6.88. The van der Waals surface area contributed by atoms with Gasteiger partial charge >= 0.3 is 5.82 Å². The highest BCUT2D eigenvalue weighted by molar-refractivity contribution is 5.77. The Kier molecular flexibility index (Phi) is 3.76. The molecule has 1 aliphatic rings. The molecule has 1 saturated heterocycles. The third-order valence-corrected chi connectivity index (χ3v) is 3.40. The van der Waals surface area contributed by atoms with Gasteiger partial charge in [0.2, 0.25) is 11.7 Å². The molecule has 1 aromatic heterocycles. The van der Waals surface area contributed by atoms with Gasteiger partial charge in [-0.1, -0.05) is 0 Å². The average Bonchev–Trinajstić information content (AvgIpc) is 2.70. The van der Waals surface area contributed by atoms with Crippen LogP contribution in [0.15, 0.2) is 6.20 Å². The number of hydrogen-bond acceptors (Lipinski definition) is 5. The number of imidazole rings is 1. The van der Waals surface area contributed by atoms with Crippen LogP contribution in [-0.2, 0) is 16.1 Å². The van der Waals surface area contributed by atoms with E-state index >= 15 is 0 Å². The first-order chi connectivity index (χ1) is 9.31. The normalized spacial score (nSPS) is 18.1. The summed E-state index contributed by atoms with van der Waals surface area (Å²) in [5, 5.41) is 10.7. The Morgan fingerprint density at radius 3 is 2.85 bits per heavy atom. The van der Waals surface area contributed by atoms with Crippen LogP contribution in [0.2, 0.25) is 0 Å². The van der Waals surface area contributed by atoms with Crippen LogP contribution in [0.1, 0.15) is 19.7 Å². The first-order valence-electron chi connectivity index (χ1n) is 6.37. The molecule has 20 heavy (non-hydrogen) atoms. The molecular formula is C12H18N4O4. The number of carbonyl (C=O) groups is 1. The Labute approximate surface area is 116 Å². The van der Waals surface area contributed by atoms with Gasteiger partial charge in [0.05, 0.1) is 18.8 Å². The highest BCUT2D eigenvalue weighted by Crippen LogP contribution is 2.20. The molecule has 2 heterocycles. The molecule has 0 atom stereocenters. The van der Waals surface area contributed by atoms with Gasteiger partial charge in [-0.15, -0.1) is 0 Å². The second-order valence-electron chi connectivity index (χ2n) is 5.44. The van der Waals surface area contributed by atoms with Crippen LogP contribution in [-0.4, -0.2) is 50.6 Å². The van der Waals surface area contributed by atoms with E-state index < -0.39 is 4.92 Å². The van der Waals surface area contributed by atoms with Crippen LogP contribution < -0.4 is 0 Å². The molecule has 0 saturated carbocycles. The van der Waals surface area contributed by atoms with Gasteiger partial charge in [-0.2, -0.15) is 0 Å². The van der Waals surface area contributed by atoms with Crippen LogP contribution in [0.3, 0.4) is 0 Å². The molecule has 1 aromatic rings. The summed E-state index contributed by atoms with van der Waals surface area (Å²) >= 11 is 0. The first kappa shape index (κ1) is 14.4. The van der Waals surface area contributed by atoms with Gasteiger partial charge in [-0.25, -0.2) is 0 Å². The van der Waals surface area contributed by atoms with E-state index in [-0.39, 0.29) is 23.8 Å². The first-order valence-corrected chi connectivity index (χ1v) is 6.37. The second kappa shape index (κ2) is 5.20. The number of nitrogens with zero attached hydrogens (tertiary/aromatic N) is 4. The number of carbonyl (C=O) groups excluding carboxylic acids is 1. The van der Waals surface area contributed by atoms with E-state index in [1.54, 1.807) is 11.8 Å². The van der Waals surface area contributed by atoms with Gasteiger partial charge in [0.15, 0.2) is 0 Å². The van der Waals surface area contributed by atoms with Crippen molar-refractivity contribution < 1.29 is 14.5 Å². The topological polar surface area (TPSA) is 90.5 Å². The standard InChI is InChI=1S/C12H18N4O4/c1-9-13-10(16(18)19)6-14(9)7-11(17)15-4-5-20-8-12(15,2)3/h6H,4-5,7-8H2,1-3H3. The number of ether oxygens (including phenoxy) is 1. The smallest absolute Gasteiger partial charge is 0.377 e. The molecule has 0 aromatic carbocycles. The zero-order chi connectivity index (χ0) is 14.9. The Balaban J connectivity index is 2.13. The summed E-state index contributed by atoms with van der Waals surface area (Å²) in [5.41, 5.74) is -0.365. The lowest BCUT2D eigenvalue weighted by molar-refractivity contribution is -0.389. The zero-order valence-corrected chi connectivity index (χ0v) is 11.8. The quantitative estimate of drug-likeness (QED) is 0.602. The third-order valence-electron chi connectivity index (χ3n) is 3.40. The maximum atomic E-state index is 12.4. The zero-order valence-electron chi connectivity index (χ0n) is 11.8. The Morgan fingerprint density at radius 1 is 1.60 bits per heavy atom. The molecule has 1 fully saturated rings. The van der Waals surface area contributed by atoms with E-state index in [0.29, 0.717) is 25.6 Å². The van der Waals surface area contributed by atoms with Crippen LogP contribution in [0.5, 0.6) is 0 Å². The molecule has 0 bridgehead atoms. The number of hydrogen-bond donors (Lipinski definition) is 0. The Hall–Kier alpha value is -1.96. The van der Waals surface area contributed by atoms with Gasteiger partial charge in [-0.05, 0) is 23.8 Å². The van der Waals surface area contributed by atoms with Gasteiger partial charge < -0.3 is 19.8 Å². The van der Waals surface area contributed by atoms with E-state index in [1.165, 1.54) is 10.8 Å². The summed E-state index contributed by atoms with van der Waals surface area (Å²) in [6.45, 7) is 7.10. The summed E-state index contributed by atoms with van der Waals surface area (Å²) in [6, 6.07) is 0. The lowest BCUT2D eigenvalue weighted by atomic mass is 10.0. The number of amides is 1. The van der Waals surface area contributed by atoms with Gasteiger partial charge in [0, 0.05) is 13.5 Å². The largest absolute Gasteiger partial charge is 0.381 e. The van der Waals surface area contributed by atoms with E-state index in [2.05, 4.69) is 4.98 Å². The molecule has 0 unspecified atom stereocenters. The van der Waals surface area contributed by atoms with Crippen molar-refractivity contribution in [1.29, 1.82) is 0 Å². The molecule has 110 valence electrons. The summed E-state index contributed by atoms with van der Waals surface area (Å²) in [7, 11) is 0. The number of aromatic nitrogens is 2. The van der Waals surface area contributed by atoms with E-state index in [1.807, 2.05) is 13.8 Å². The summed E-state index contributed by atoms with van der Waals surface area (Å²) in [5.74, 6) is 0.126. The van der Waals surface area contributed by atoms with Crippen molar-refractivity contribution in [3.8, 4) is 0 Å². The molecule has 2 rings (SSSR count). The van der Waals surface area contributed by atoms with Crippen LogP contribution in [0.25, 0.3) is 0 Å². The van der Waals surface area contributed by atoms with Crippen molar-refractivity contribution in [2.45, 2.75) is 32.9 Å². The van der Waals surface area contributed by atoms with E-state index in [4.69, 9.17) is 4.74 Å². The average molecular weight is 282 g/mol. The van der Waals surface area contributed by atoms with Crippen molar-refractivity contribution in [3.05, 3.63) is 22.1 Å². The predicted molar refractivity (Wildman–Crippen MR) is 70.2 cm³/mol. The fourth-order valence-electron chi connectivity index (χ4n) is 2.29. The predicted octanol–water partition coefficient (Wildman–Crippen LogP) is 0.737. The van der Waals surface area contributed by atoms with Crippen molar-refractivity contribution >= 4 is 11.7 Å². The highest BCUT2D eigenvalue weighted by atomic mass is 16.6. The molecular weight excluding hydrogens is 264 g/mol. The molecule has 0 spiro atoms. The summed E-state index contributed by atoms with van der Waals surface area (Å²) in [4.78, 5) is 28.0. The maximum absolute atomic E-state index is 12.4. The van der Waals surface area contributed by atoms with Gasteiger partial charge in [0.1, 0.15) is 12.7 Å². The molecule has 0 N–H and O–H groups in total. The lowest BCUT2D eigenvalue weighted by Crippen LogP contribution is -2.56. The van der Waals surface area contributed by atoms with Crippen LogP contribution >= 0.6 is 0 Å². The SMILES string of the molecule is Cc1nc([N+](=O)[O-])cn1CC(=O)N1CCOCC1(C)C. The van der Waals surface area contributed by atoms with Crippen molar-refractivity contribution in [2.75, 3.05) is 19.8 Å². The minimum atomic E-state index is -0.563. The summed E-state index contributed by atoms with van der Waals surface area (Å²) in [6.07, 6.45) is 1.29. The Morgan fingerprint density at radius 2 is 2.30 bits per heavy atom. The molecule has 8 heteroatoms. The minimum absolute atomic E-state index is 0.0517. The molecule has 0 aliphatic carbocycles. The molecule has 1 amide bonds. The number of aryl methyl sites for hydroxylation is 1. The minimum Gasteiger partial charge on any atom is -0.377 e.